The highest BCUT2D eigenvalue weighted by Crippen LogP contribution is 2.21. The van der Waals surface area contributed by atoms with Crippen molar-refractivity contribution in [1.82, 2.24) is 9.38 Å². The summed E-state index contributed by atoms with van der Waals surface area (Å²) < 4.78 is 1.77. The molecular formula is C8H9Cl4N3. The van der Waals surface area contributed by atoms with Crippen molar-refractivity contribution >= 4 is 53.7 Å². The lowest BCUT2D eigenvalue weighted by Crippen LogP contribution is -1.95. The summed E-state index contributed by atoms with van der Waals surface area (Å²) in [5, 5.41) is 1.12. The fraction of sp³-hybridized carbons (Fsp3) is 0.125. The summed E-state index contributed by atoms with van der Waals surface area (Å²) in [7, 11) is 0. The second-order valence-corrected chi connectivity index (χ2v) is 3.52. The van der Waals surface area contributed by atoms with Crippen LogP contribution in [0.25, 0.3) is 5.65 Å². The van der Waals surface area contributed by atoms with Gasteiger partial charge in [0.15, 0.2) is 5.65 Å². The molecule has 0 aliphatic rings. The van der Waals surface area contributed by atoms with Gasteiger partial charge in [0, 0.05) is 18.9 Å². The monoisotopic (exact) mass is 287 g/mol. The molecule has 2 aromatic rings. The number of imidazole rings is 1. The first-order valence-corrected chi connectivity index (χ1v) is 4.49. The van der Waals surface area contributed by atoms with Crippen molar-refractivity contribution in [2.45, 2.75) is 6.54 Å². The molecule has 0 saturated carbocycles. The van der Waals surface area contributed by atoms with E-state index in [1.54, 1.807) is 16.7 Å². The van der Waals surface area contributed by atoms with E-state index in [1.165, 1.54) is 0 Å². The molecule has 0 saturated heterocycles. The van der Waals surface area contributed by atoms with Crippen molar-refractivity contribution in [3.63, 3.8) is 0 Å². The molecule has 0 spiro atoms. The zero-order valence-corrected chi connectivity index (χ0v) is 10.6. The second-order valence-electron chi connectivity index (χ2n) is 2.67. The Hall–Kier alpha value is -0.190. The Bertz CT molecular complexity index is 454. The van der Waals surface area contributed by atoms with E-state index >= 15 is 0 Å². The van der Waals surface area contributed by atoms with Crippen LogP contribution in [0.2, 0.25) is 10.0 Å². The maximum Gasteiger partial charge on any atom is 0.156 e. The van der Waals surface area contributed by atoms with Crippen LogP contribution >= 0.6 is 48.0 Å². The predicted octanol–water partition coefficient (Wildman–Crippen LogP) is 2.94. The summed E-state index contributed by atoms with van der Waals surface area (Å²) >= 11 is 11.7. The number of aromatic nitrogens is 2. The molecule has 0 aliphatic heterocycles. The summed E-state index contributed by atoms with van der Waals surface area (Å²) in [6.07, 6.45) is 3.56. The smallest absolute Gasteiger partial charge is 0.156 e. The third-order valence-electron chi connectivity index (χ3n) is 1.73. The number of rotatable bonds is 1. The normalized spacial score (nSPS) is 9.53. The molecule has 0 amide bonds. The lowest BCUT2D eigenvalue weighted by molar-refractivity contribution is 1.02. The lowest BCUT2D eigenvalue weighted by atomic mass is 10.5. The topological polar surface area (TPSA) is 43.3 Å². The first-order chi connectivity index (χ1) is 6.20. The number of hydrogen-bond acceptors (Lipinski definition) is 2. The molecule has 0 unspecified atom stereocenters. The molecule has 7 heteroatoms. The van der Waals surface area contributed by atoms with Gasteiger partial charge in [-0.15, -0.1) is 24.8 Å². The highest BCUT2D eigenvalue weighted by Gasteiger charge is 2.04. The lowest BCUT2D eigenvalue weighted by Gasteiger charge is -1.95. The maximum atomic E-state index is 5.92. The number of pyridine rings is 1. The van der Waals surface area contributed by atoms with Crippen molar-refractivity contribution < 1.29 is 0 Å². The van der Waals surface area contributed by atoms with E-state index < -0.39 is 0 Å². The van der Waals surface area contributed by atoms with E-state index in [2.05, 4.69) is 4.98 Å². The largest absolute Gasteiger partial charge is 0.325 e. The summed E-state index contributed by atoms with van der Waals surface area (Å²) in [4.78, 5) is 4.22. The van der Waals surface area contributed by atoms with Crippen LogP contribution in [0.15, 0.2) is 18.5 Å². The number of halogens is 4. The van der Waals surface area contributed by atoms with Crippen molar-refractivity contribution in [2.24, 2.45) is 5.73 Å². The summed E-state index contributed by atoms with van der Waals surface area (Å²) in [6, 6.07) is 1.66. The number of hydrogen-bond donors (Lipinski definition) is 1. The van der Waals surface area contributed by atoms with Gasteiger partial charge in [0.05, 0.1) is 15.7 Å². The van der Waals surface area contributed by atoms with Crippen LogP contribution in [0, 0.1) is 0 Å². The third-order valence-corrected chi connectivity index (χ3v) is 2.22. The zero-order valence-electron chi connectivity index (χ0n) is 7.48. The fourth-order valence-corrected chi connectivity index (χ4v) is 1.70. The van der Waals surface area contributed by atoms with E-state index in [4.69, 9.17) is 28.9 Å². The highest BCUT2D eigenvalue weighted by molar-refractivity contribution is 6.36. The summed E-state index contributed by atoms with van der Waals surface area (Å²) in [5.74, 6) is 0. The van der Waals surface area contributed by atoms with Crippen LogP contribution < -0.4 is 5.73 Å². The minimum atomic E-state index is 0. The Balaban J connectivity index is 0.000000980. The molecule has 0 atom stereocenters. The average molecular weight is 289 g/mol. The number of nitrogens with two attached hydrogens (primary N) is 1. The van der Waals surface area contributed by atoms with Crippen molar-refractivity contribution in [1.29, 1.82) is 0 Å². The Morgan fingerprint density at radius 3 is 2.53 bits per heavy atom. The molecule has 0 bridgehead atoms. The van der Waals surface area contributed by atoms with Gasteiger partial charge in [-0.05, 0) is 6.07 Å². The Labute approximate surface area is 109 Å². The Kier molecular flexibility index (Phi) is 5.70. The van der Waals surface area contributed by atoms with Gasteiger partial charge < -0.3 is 10.1 Å². The van der Waals surface area contributed by atoms with Gasteiger partial charge in [0.2, 0.25) is 0 Å². The van der Waals surface area contributed by atoms with Crippen LogP contribution in [-0.4, -0.2) is 9.38 Å². The second kappa shape index (κ2) is 5.77. The van der Waals surface area contributed by atoms with Crippen molar-refractivity contribution in [3.05, 3.63) is 34.2 Å². The summed E-state index contributed by atoms with van der Waals surface area (Å²) in [6.45, 7) is 0.398. The van der Waals surface area contributed by atoms with Gasteiger partial charge in [0.25, 0.3) is 0 Å². The fourth-order valence-electron chi connectivity index (χ4n) is 1.17. The SMILES string of the molecule is Cl.Cl.NCc1cn2cc(Cl)cc(Cl)c2n1. The Morgan fingerprint density at radius 2 is 1.93 bits per heavy atom. The van der Waals surface area contributed by atoms with Crippen LogP contribution in [0.1, 0.15) is 5.69 Å². The quantitative estimate of drug-likeness (QED) is 0.877. The molecule has 2 rings (SSSR count). The third kappa shape index (κ3) is 2.89. The van der Waals surface area contributed by atoms with Gasteiger partial charge in [-0.3, -0.25) is 0 Å². The van der Waals surface area contributed by atoms with Crippen molar-refractivity contribution in [3.8, 4) is 0 Å². The van der Waals surface area contributed by atoms with Crippen molar-refractivity contribution in [2.75, 3.05) is 0 Å². The molecule has 0 fully saturated rings. The van der Waals surface area contributed by atoms with E-state index in [1.807, 2.05) is 6.20 Å². The minimum absolute atomic E-state index is 0. The average Bonchev–Trinajstić information content (AvgIpc) is 2.47. The van der Waals surface area contributed by atoms with E-state index in [0.717, 1.165) is 5.69 Å². The molecule has 0 aliphatic carbocycles. The van der Waals surface area contributed by atoms with Gasteiger partial charge in [-0.1, -0.05) is 23.2 Å². The minimum Gasteiger partial charge on any atom is -0.325 e. The molecule has 2 aromatic heterocycles. The molecule has 2 N–H and O–H groups in total. The van der Waals surface area contributed by atoms with E-state index in [-0.39, 0.29) is 24.8 Å². The Morgan fingerprint density at radius 1 is 1.27 bits per heavy atom. The number of fused-ring (bicyclic) bond motifs is 1. The molecule has 3 nitrogen and oxygen atoms in total. The maximum absolute atomic E-state index is 5.92. The van der Waals surface area contributed by atoms with E-state index in [9.17, 15) is 0 Å². The molecule has 0 radical (unpaired) electrons. The highest BCUT2D eigenvalue weighted by atomic mass is 35.5. The van der Waals surface area contributed by atoms with Gasteiger partial charge in [-0.2, -0.15) is 0 Å². The molecule has 15 heavy (non-hydrogen) atoms. The molecule has 0 aromatic carbocycles. The first kappa shape index (κ1) is 14.8. The zero-order chi connectivity index (χ0) is 9.42. The number of nitrogens with zero attached hydrogens (tertiary/aromatic N) is 2. The van der Waals surface area contributed by atoms with Crippen LogP contribution in [0.5, 0.6) is 0 Å². The van der Waals surface area contributed by atoms with Gasteiger partial charge in [-0.25, -0.2) is 4.98 Å². The molecule has 2 heterocycles. The van der Waals surface area contributed by atoms with Crippen LogP contribution in [-0.2, 0) is 6.54 Å². The van der Waals surface area contributed by atoms with E-state index in [0.29, 0.717) is 22.2 Å². The van der Waals surface area contributed by atoms with Gasteiger partial charge in [0.1, 0.15) is 0 Å². The first-order valence-electron chi connectivity index (χ1n) is 3.73. The predicted molar refractivity (Wildman–Crippen MR) is 67.6 cm³/mol. The molecule has 84 valence electrons. The molecular weight excluding hydrogens is 280 g/mol. The van der Waals surface area contributed by atoms with Gasteiger partial charge >= 0.3 is 0 Å². The summed E-state index contributed by atoms with van der Waals surface area (Å²) in [5.41, 5.74) is 6.93. The van der Waals surface area contributed by atoms with Crippen LogP contribution in [0.3, 0.4) is 0 Å². The standard InChI is InChI=1S/C8H7Cl2N3.2ClH/c9-5-1-7(10)8-12-6(2-11)4-13(8)3-5;;/h1,3-4H,2,11H2;2*1H. The van der Waals surface area contributed by atoms with Crippen LogP contribution in [0.4, 0.5) is 0 Å².